The number of anilines is 1. The van der Waals surface area contributed by atoms with Gasteiger partial charge >= 0.3 is 5.97 Å². The molecule has 1 rings (SSSR count). The molecule has 0 bridgehead atoms. The lowest BCUT2D eigenvalue weighted by molar-refractivity contribution is -0.139. The van der Waals surface area contributed by atoms with E-state index in [0.717, 1.165) is 5.69 Å². The van der Waals surface area contributed by atoms with Gasteiger partial charge in [0, 0.05) is 19.8 Å². The zero-order chi connectivity index (χ0) is 10.6. The number of halogens is 1. The number of ether oxygens (including phenoxy) is 1. The summed E-state index contributed by atoms with van der Waals surface area (Å²) in [6.07, 6.45) is 0. The fourth-order valence-corrected chi connectivity index (χ4v) is 0.986. The van der Waals surface area contributed by atoms with Crippen molar-refractivity contribution in [3.05, 3.63) is 24.3 Å². The molecule has 4 nitrogen and oxygen atoms in total. The fraction of sp³-hybridized carbons (Fsp3) is 0.300. The Morgan fingerprint density at radius 1 is 1.33 bits per heavy atom. The zero-order valence-corrected chi connectivity index (χ0v) is 9.45. The first-order valence-electron chi connectivity index (χ1n) is 4.21. The number of hydrogen-bond acceptors (Lipinski definition) is 3. The maximum Gasteiger partial charge on any atom is 0.341 e. The summed E-state index contributed by atoms with van der Waals surface area (Å²) in [6, 6.07) is 7.24. The maximum atomic E-state index is 10.2. The Morgan fingerprint density at radius 3 is 2.27 bits per heavy atom. The molecule has 0 heterocycles. The second-order valence-electron chi connectivity index (χ2n) is 3.07. The highest BCUT2D eigenvalue weighted by atomic mass is 35.5. The van der Waals surface area contributed by atoms with Gasteiger partial charge in [-0.2, -0.15) is 0 Å². The summed E-state index contributed by atoms with van der Waals surface area (Å²) >= 11 is 0. The first-order chi connectivity index (χ1) is 6.59. The van der Waals surface area contributed by atoms with Gasteiger partial charge in [-0.05, 0) is 24.3 Å². The van der Waals surface area contributed by atoms with Crippen molar-refractivity contribution in [1.82, 2.24) is 0 Å². The van der Waals surface area contributed by atoms with Crippen molar-refractivity contribution in [2.24, 2.45) is 0 Å². The lowest BCUT2D eigenvalue weighted by Gasteiger charge is -2.12. The Morgan fingerprint density at radius 2 is 1.87 bits per heavy atom. The van der Waals surface area contributed by atoms with E-state index in [9.17, 15) is 4.79 Å². The minimum atomic E-state index is -0.971. The van der Waals surface area contributed by atoms with Crippen LogP contribution in [0.4, 0.5) is 5.69 Å². The number of benzene rings is 1. The summed E-state index contributed by atoms with van der Waals surface area (Å²) in [7, 11) is 3.88. The molecule has 0 amide bonds. The summed E-state index contributed by atoms with van der Waals surface area (Å²) < 4.78 is 4.98. The summed E-state index contributed by atoms with van der Waals surface area (Å²) in [4.78, 5) is 12.2. The number of aliphatic carboxylic acids is 1. The lowest BCUT2D eigenvalue weighted by atomic mass is 10.3. The van der Waals surface area contributed by atoms with Gasteiger partial charge in [0.05, 0.1) is 0 Å². The monoisotopic (exact) mass is 231 g/mol. The van der Waals surface area contributed by atoms with Crippen LogP contribution >= 0.6 is 12.4 Å². The molecule has 0 spiro atoms. The zero-order valence-electron chi connectivity index (χ0n) is 8.64. The molecule has 0 atom stereocenters. The number of carboxylic acids is 1. The van der Waals surface area contributed by atoms with Gasteiger partial charge in [-0.1, -0.05) is 0 Å². The molecule has 1 aromatic carbocycles. The van der Waals surface area contributed by atoms with Gasteiger partial charge in [-0.3, -0.25) is 0 Å². The Kier molecular flexibility index (Phi) is 5.56. The van der Waals surface area contributed by atoms with Crippen LogP contribution < -0.4 is 9.64 Å². The number of nitrogens with zero attached hydrogens (tertiary/aromatic N) is 1. The third-order valence-corrected chi connectivity index (χ3v) is 1.72. The number of carboxylic acid groups (broad SMARTS) is 1. The molecule has 84 valence electrons. The standard InChI is InChI=1S/C10H13NO3.ClH/c1-11(2)8-3-5-9(6-4-8)14-7-10(12)13;/h3-6H,7H2,1-2H3,(H,12,13);1H. The van der Waals surface area contributed by atoms with Crippen molar-refractivity contribution in [2.75, 3.05) is 25.6 Å². The molecule has 0 aromatic heterocycles. The molecule has 15 heavy (non-hydrogen) atoms. The van der Waals surface area contributed by atoms with E-state index in [1.54, 1.807) is 12.1 Å². The highest BCUT2D eigenvalue weighted by molar-refractivity contribution is 5.85. The van der Waals surface area contributed by atoms with E-state index in [4.69, 9.17) is 9.84 Å². The summed E-state index contributed by atoms with van der Waals surface area (Å²) in [5.41, 5.74) is 1.05. The van der Waals surface area contributed by atoms with Crippen LogP contribution in [-0.4, -0.2) is 31.8 Å². The average molecular weight is 232 g/mol. The fourth-order valence-electron chi connectivity index (χ4n) is 0.986. The van der Waals surface area contributed by atoms with E-state index < -0.39 is 5.97 Å². The lowest BCUT2D eigenvalue weighted by Crippen LogP contribution is -2.10. The molecule has 1 N–H and O–H groups in total. The molecule has 0 aliphatic heterocycles. The quantitative estimate of drug-likeness (QED) is 0.856. The minimum Gasteiger partial charge on any atom is -0.482 e. The van der Waals surface area contributed by atoms with Gasteiger partial charge in [0.2, 0.25) is 0 Å². The third-order valence-electron chi connectivity index (χ3n) is 1.72. The molecule has 0 fully saturated rings. The Balaban J connectivity index is 0.00000196. The number of hydrogen-bond donors (Lipinski definition) is 1. The van der Waals surface area contributed by atoms with Gasteiger partial charge in [0.15, 0.2) is 6.61 Å². The van der Waals surface area contributed by atoms with E-state index in [0.29, 0.717) is 5.75 Å². The number of carbonyl (C=O) groups is 1. The van der Waals surface area contributed by atoms with Crippen molar-refractivity contribution in [2.45, 2.75) is 0 Å². The molecule has 0 radical (unpaired) electrons. The number of rotatable bonds is 4. The van der Waals surface area contributed by atoms with Gasteiger partial charge < -0.3 is 14.7 Å². The summed E-state index contributed by atoms with van der Waals surface area (Å²) in [5, 5.41) is 8.38. The van der Waals surface area contributed by atoms with Crippen LogP contribution in [0.1, 0.15) is 0 Å². The van der Waals surface area contributed by atoms with Crippen LogP contribution in [0.25, 0.3) is 0 Å². The van der Waals surface area contributed by atoms with E-state index in [2.05, 4.69) is 0 Å². The predicted octanol–water partition coefficient (Wildman–Crippen LogP) is 1.64. The van der Waals surface area contributed by atoms with Gasteiger partial charge in [-0.15, -0.1) is 12.4 Å². The molecule has 0 unspecified atom stereocenters. The summed E-state index contributed by atoms with van der Waals surface area (Å²) in [6.45, 7) is -0.304. The van der Waals surface area contributed by atoms with Crippen molar-refractivity contribution in [3.63, 3.8) is 0 Å². The molecule has 0 aliphatic rings. The molecule has 0 saturated carbocycles. The normalized spacial score (nSPS) is 8.93. The molecular weight excluding hydrogens is 218 g/mol. The smallest absolute Gasteiger partial charge is 0.341 e. The van der Waals surface area contributed by atoms with Crippen LogP contribution in [0.2, 0.25) is 0 Å². The molecule has 5 heteroatoms. The van der Waals surface area contributed by atoms with E-state index in [-0.39, 0.29) is 19.0 Å². The van der Waals surface area contributed by atoms with E-state index >= 15 is 0 Å². The van der Waals surface area contributed by atoms with Crippen LogP contribution in [0, 0.1) is 0 Å². The van der Waals surface area contributed by atoms with Gasteiger partial charge in [0.1, 0.15) is 5.75 Å². The Labute approximate surface area is 94.9 Å². The van der Waals surface area contributed by atoms with Crippen molar-refractivity contribution < 1.29 is 14.6 Å². The molecule has 0 aliphatic carbocycles. The van der Waals surface area contributed by atoms with Crippen LogP contribution in [-0.2, 0) is 4.79 Å². The molecule has 1 aromatic rings. The average Bonchev–Trinajstić information content (AvgIpc) is 2.15. The second kappa shape index (κ2) is 6.14. The van der Waals surface area contributed by atoms with Crippen molar-refractivity contribution in [1.29, 1.82) is 0 Å². The summed E-state index contributed by atoms with van der Waals surface area (Å²) in [5.74, 6) is -0.403. The molecule has 0 saturated heterocycles. The first-order valence-corrected chi connectivity index (χ1v) is 4.21. The van der Waals surface area contributed by atoms with Crippen LogP contribution in [0.15, 0.2) is 24.3 Å². The largest absolute Gasteiger partial charge is 0.482 e. The Bertz CT molecular complexity index is 311. The first kappa shape index (κ1) is 13.6. The van der Waals surface area contributed by atoms with Crippen LogP contribution in [0.5, 0.6) is 5.75 Å². The van der Waals surface area contributed by atoms with Gasteiger partial charge in [-0.25, -0.2) is 4.79 Å². The SMILES string of the molecule is CN(C)c1ccc(OCC(=O)O)cc1.Cl. The maximum absolute atomic E-state index is 10.2. The van der Waals surface area contributed by atoms with Crippen molar-refractivity contribution >= 4 is 24.1 Å². The Hall–Kier alpha value is -1.42. The van der Waals surface area contributed by atoms with E-state index in [1.165, 1.54) is 0 Å². The van der Waals surface area contributed by atoms with Crippen molar-refractivity contribution in [3.8, 4) is 5.75 Å². The topological polar surface area (TPSA) is 49.8 Å². The molecular formula is C10H14ClNO3. The predicted molar refractivity (Wildman–Crippen MR) is 61.1 cm³/mol. The highest BCUT2D eigenvalue weighted by Gasteiger charge is 1.99. The van der Waals surface area contributed by atoms with Gasteiger partial charge in [0.25, 0.3) is 0 Å². The second-order valence-corrected chi connectivity index (χ2v) is 3.07. The third kappa shape index (κ3) is 4.56. The van der Waals surface area contributed by atoms with Crippen LogP contribution in [0.3, 0.4) is 0 Å². The minimum absolute atomic E-state index is 0. The van der Waals surface area contributed by atoms with E-state index in [1.807, 2.05) is 31.1 Å². The highest BCUT2D eigenvalue weighted by Crippen LogP contribution is 2.17.